The third kappa shape index (κ3) is 1.54. The molecule has 0 aromatic carbocycles. The van der Waals surface area contributed by atoms with Crippen LogP contribution < -0.4 is 0 Å². The third-order valence-corrected chi connectivity index (χ3v) is 3.20. The molecule has 0 saturated carbocycles. The fraction of sp³-hybridized carbons (Fsp3) is 0.700. The molecule has 3 heteroatoms. The van der Waals surface area contributed by atoms with E-state index >= 15 is 0 Å². The molecule has 0 radical (unpaired) electrons. The molecule has 72 valence electrons. The van der Waals surface area contributed by atoms with Crippen LogP contribution >= 0.6 is 15.9 Å². The Morgan fingerprint density at radius 2 is 2.00 bits per heavy atom. The number of aromatic nitrogens is 2. The molecule has 0 aliphatic heterocycles. The molecular weight excluding hydrogens is 228 g/mol. The number of hydrogen-bond donors (Lipinski definition) is 0. The first-order valence-corrected chi connectivity index (χ1v) is 5.75. The number of rotatable bonds is 1. The molecule has 0 amide bonds. The Labute approximate surface area is 87.5 Å². The monoisotopic (exact) mass is 242 g/mol. The third-order valence-electron chi connectivity index (χ3n) is 2.64. The Hall–Kier alpha value is -0.310. The number of imidazole rings is 1. The summed E-state index contributed by atoms with van der Waals surface area (Å²) >= 11 is 3.53. The van der Waals surface area contributed by atoms with Crippen molar-refractivity contribution in [1.82, 2.24) is 9.55 Å². The maximum absolute atomic E-state index is 4.55. The largest absolute Gasteiger partial charge is 0.320 e. The Morgan fingerprint density at radius 1 is 1.31 bits per heavy atom. The van der Waals surface area contributed by atoms with E-state index in [4.69, 9.17) is 0 Å². The van der Waals surface area contributed by atoms with Crippen LogP contribution in [0.3, 0.4) is 0 Å². The van der Waals surface area contributed by atoms with Crippen LogP contribution in [0.1, 0.15) is 44.1 Å². The zero-order chi connectivity index (χ0) is 9.42. The maximum Gasteiger partial charge on any atom is 0.177 e. The average Bonchev–Trinajstić information content (AvgIpc) is 2.39. The highest BCUT2D eigenvalue weighted by Crippen LogP contribution is 2.27. The lowest BCUT2D eigenvalue weighted by Crippen LogP contribution is -2.10. The summed E-state index contributed by atoms with van der Waals surface area (Å²) < 4.78 is 3.32. The van der Waals surface area contributed by atoms with Crippen LogP contribution in [0.15, 0.2) is 4.73 Å². The standard InChI is InChI=1S/C10H15BrN2/c1-7(2)13-9-6-4-3-5-8(9)12-10(13)11/h7H,3-6H2,1-2H3. The van der Waals surface area contributed by atoms with Crippen molar-refractivity contribution in [3.05, 3.63) is 16.1 Å². The molecule has 0 saturated heterocycles. The summed E-state index contributed by atoms with van der Waals surface area (Å²) in [6.07, 6.45) is 4.98. The van der Waals surface area contributed by atoms with Gasteiger partial charge in [0.25, 0.3) is 0 Å². The predicted molar refractivity (Wildman–Crippen MR) is 57.0 cm³/mol. The van der Waals surface area contributed by atoms with E-state index in [0.717, 1.165) is 11.2 Å². The zero-order valence-corrected chi connectivity index (χ0v) is 9.76. The SMILES string of the molecule is CC(C)n1c(Br)nc2c1CCCC2. The fourth-order valence-electron chi connectivity index (χ4n) is 2.05. The van der Waals surface area contributed by atoms with Crippen molar-refractivity contribution in [3.8, 4) is 0 Å². The van der Waals surface area contributed by atoms with Gasteiger partial charge in [-0.25, -0.2) is 4.98 Å². The quantitative estimate of drug-likeness (QED) is 0.741. The Kier molecular flexibility index (Phi) is 2.45. The maximum atomic E-state index is 4.55. The van der Waals surface area contributed by atoms with E-state index in [1.165, 1.54) is 30.7 Å². The van der Waals surface area contributed by atoms with Gasteiger partial charge in [0.1, 0.15) is 0 Å². The topological polar surface area (TPSA) is 17.8 Å². The Morgan fingerprint density at radius 3 is 2.69 bits per heavy atom. The van der Waals surface area contributed by atoms with Crippen LogP contribution in [0, 0.1) is 0 Å². The van der Waals surface area contributed by atoms with Gasteiger partial charge in [-0.2, -0.15) is 0 Å². The number of hydrogen-bond acceptors (Lipinski definition) is 1. The van der Waals surface area contributed by atoms with E-state index in [-0.39, 0.29) is 0 Å². The first kappa shape index (κ1) is 9.25. The minimum Gasteiger partial charge on any atom is -0.320 e. The van der Waals surface area contributed by atoms with Crippen molar-refractivity contribution in [3.63, 3.8) is 0 Å². The number of nitrogens with zero attached hydrogens (tertiary/aromatic N) is 2. The van der Waals surface area contributed by atoms with E-state index in [0.29, 0.717) is 6.04 Å². The van der Waals surface area contributed by atoms with Crippen molar-refractivity contribution in [2.45, 2.75) is 45.6 Å². The van der Waals surface area contributed by atoms with Crippen LogP contribution in [0.5, 0.6) is 0 Å². The number of halogens is 1. The summed E-state index contributed by atoms with van der Waals surface area (Å²) in [5, 5.41) is 0. The second-order valence-electron chi connectivity index (χ2n) is 3.95. The van der Waals surface area contributed by atoms with Crippen LogP contribution in [0.25, 0.3) is 0 Å². The molecular formula is C10H15BrN2. The minimum absolute atomic E-state index is 0.517. The summed E-state index contributed by atoms with van der Waals surface area (Å²) in [6, 6.07) is 0.517. The van der Waals surface area contributed by atoms with Crippen LogP contribution in [0.4, 0.5) is 0 Å². The molecule has 0 unspecified atom stereocenters. The Bertz CT molecular complexity index is 315. The van der Waals surface area contributed by atoms with Gasteiger partial charge in [-0.15, -0.1) is 0 Å². The normalized spacial score (nSPS) is 16.3. The fourth-order valence-corrected chi connectivity index (χ4v) is 2.89. The lowest BCUT2D eigenvalue weighted by Gasteiger charge is -2.16. The van der Waals surface area contributed by atoms with Crippen LogP contribution in [0.2, 0.25) is 0 Å². The van der Waals surface area contributed by atoms with Crippen molar-refractivity contribution in [1.29, 1.82) is 0 Å². The van der Waals surface area contributed by atoms with Crippen molar-refractivity contribution < 1.29 is 0 Å². The van der Waals surface area contributed by atoms with Crippen LogP contribution in [-0.2, 0) is 12.8 Å². The first-order valence-electron chi connectivity index (χ1n) is 4.95. The van der Waals surface area contributed by atoms with E-state index in [2.05, 4.69) is 39.3 Å². The van der Waals surface area contributed by atoms with E-state index in [1.54, 1.807) is 0 Å². The molecule has 0 fully saturated rings. The van der Waals surface area contributed by atoms with Gasteiger partial charge in [0.05, 0.1) is 5.69 Å². The van der Waals surface area contributed by atoms with Gasteiger partial charge in [0.15, 0.2) is 4.73 Å². The molecule has 13 heavy (non-hydrogen) atoms. The molecule has 0 bridgehead atoms. The molecule has 1 heterocycles. The molecule has 0 atom stereocenters. The predicted octanol–water partition coefficient (Wildman–Crippen LogP) is 3.11. The van der Waals surface area contributed by atoms with E-state index in [1.807, 2.05) is 0 Å². The second-order valence-corrected chi connectivity index (χ2v) is 4.65. The highest BCUT2D eigenvalue weighted by atomic mass is 79.9. The molecule has 1 aliphatic carbocycles. The lowest BCUT2D eigenvalue weighted by atomic mass is 10.0. The van der Waals surface area contributed by atoms with Crippen LogP contribution in [-0.4, -0.2) is 9.55 Å². The smallest absolute Gasteiger partial charge is 0.177 e. The van der Waals surface area contributed by atoms with Gasteiger partial charge in [-0.05, 0) is 55.5 Å². The minimum atomic E-state index is 0.517. The number of aryl methyl sites for hydroxylation is 1. The molecule has 2 rings (SSSR count). The number of fused-ring (bicyclic) bond motifs is 1. The molecule has 1 aliphatic rings. The van der Waals surface area contributed by atoms with E-state index in [9.17, 15) is 0 Å². The molecule has 0 N–H and O–H groups in total. The summed E-state index contributed by atoms with van der Waals surface area (Å²) in [4.78, 5) is 4.55. The van der Waals surface area contributed by atoms with Crippen molar-refractivity contribution >= 4 is 15.9 Å². The molecule has 0 spiro atoms. The summed E-state index contributed by atoms with van der Waals surface area (Å²) in [7, 11) is 0. The van der Waals surface area contributed by atoms with E-state index < -0.39 is 0 Å². The summed E-state index contributed by atoms with van der Waals surface area (Å²) in [5.74, 6) is 0. The molecule has 2 nitrogen and oxygen atoms in total. The van der Waals surface area contributed by atoms with Gasteiger partial charge in [0, 0.05) is 11.7 Å². The lowest BCUT2D eigenvalue weighted by molar-refractivity contribution is 0.540. The summed E-state index contributed by atoms with van der Waals surface area (Å²) in [6.45, 7) is 4.42. The van der Waals surface area contributed by atoms with Gasteiger partial charge in [-0.1, -0.05) is 0 Å². The molecule has 1 aromatic heterocycles. The van der Waals surface area contributed by atoms with Crippen molar-refractivity contribution in [2.24, 2.45) is 0 Å². The zero-order valence-electron chi connectivity index (χ0n) is 8.18. The van der Waals surface area contributed by atoms with Gasteiger partial charge < -0.3 is 4.57 Å². The Balaban J connectivity index is 2.48. The highest BCUT2D eigenvalue weighted by Gasteiger charge is 2.19. The second kappa shape index (κ2) is 3.45. The highest BCUT2D eigenvalue weighted by molar-refractivity contribution is 9.10. The molecule has 1 aromatic rings. The summed E-state index contributed by atoms with van der Waals surface area (Å²) in [5.41, 5.74) is 2.76. The van der Waals surface area contributed by atoms with Crippen molar-refractivity contribution in [2.75, 3.05) is 0 Å². The first-order chi connectivity index (χ1) is 6.20. The van der Waals surface area contributed by atoms with Gasteiger partial charge in [0.2, 0.25) is 0 Å². The van der Waals surface area contributed by atoms with Gasteiger partial charge >= 0.3 is 0 Å². The van der Waals surface area contributed by atoms with Gasteiger partial charge in [-0.3, -0.25) is 0 Å². The average molecular weight is 243 g/mol.